The van der Waals surface area contributed by atoms with Crippen LogP contribution >= 0.6 is 0 Å². The largest absolute Gasteiger partial charge is 0.386 e. The second kappa shape index (κ2) is 6.84. The molecular formula is C18H25N5O2. The van der Waals surface area contributed by atoms with Crippen molar-refractivity contribution in [2.75, 3.05) is 31.6 Å². The fraction of sp³-hybridized carbons (Fsp3) is 0.500. The second-order valence-corrected chi connectivity index (χ2v) is 6.90. The number of β-amino-alcohol motifs (C(OH)–C–C–N with tert-alkyl or cyclic N) is 1. The Morgan fingerprint density at radius 1 is 1.44 bits per heavy atom. The molecule has 7 heteroatoms. The van der Waals surface area contributed by atoms with E-state index in [2.05, 4.69) is 15.0 Å². The molecule has 1 fully saturated rings. The molecule has 1 atom stereocenters. The number of pyridine rings is 1. The van der Waals surface area contributed by atoms with Gasteiger partial charge in [0.15, 0.2) is 0 Å². The predicted molar refractivity (Wildman–Crippen MR) is 95.5 cm³/mol. The summed E-state index contributed by atoms with van der Waals surface area (Å²) < 4.78 is 1.63. The van der Waals surface area contributed by atoms with E-state index in [1.807, 2.05) is 25.1 Å². The highest BCUT2D eigenvalue weighted by molar-refractivity contribution is 5.94. The molecule has 0 unspecified atom stereocenters. The van der Waals surface area contributed by atoms with Gasteiger partial charge in [-0.3, -0.25) is 9.48 Å². The van der Waals surface area contributed by atoms with E-state index in [9.17, 15) is 9.90 Å². The summed E-state index contributed by atoms with van der Waals surface area (Å²) >= 11 is 0. The van der Waals surface area contributed by atoms with Gasteiger partial charge in [0.25, 0.3) is 5.91 Å². The number of aliphatic hydroxyl groups is 1. The highest BCUT2D eigenvalue weighted by Crippen LogP contribution is 2.26. The fourth-order valence-corrected chi connectivity index (χ4v) is 3.51. The molecule has 0 aromatic carbocycles. The van der Waals surface area contributed by atoms with Gasteiger partial charge in [-0.2, -0.15) is 5.10 Å². The molecule has 1 N–H and O–H groups in total. The summed E-state index contributed by atoms with van der Waals surface area (Å²) in [6, 6.07) is 5.76. The topological polar surface area (TPSA) is 74.5 Å². The molecule has 0 saturated carbocycles. The number of rotatable bonds is 4. The molecule has 7 nitrogen and oxygen atoms in total. The molecule has 0 spiro atoms. The van der Waals surface area contributed by atoms with Crippen LogP contribution in [0, 0.1) is 6.92 Å². The number of anilines is 1. The van der Waals surface area contributed by atoms with E-state index in [0.717, 1.165) is 18.8 Å². The Bertz CT molecular complexity index is 745. The van der Waals surface area contributed by atoms with E-state index in [1.54, 1.807) is 36.1 Å². The molecule has 0 aliphatic carbocycles. The number of piperidine rings is 1. The molecule has 3 rings (SSSR count). The smallest absolute Gasteiger partial charge is 0.257 e. The first-order valence-electron chi connectivity index (χ1n) is 8.52. The molecule has 0 bridgehead atoms. The average molecular weight is 343 g/mol. The third kappa shape index (κ3) is 3.82. The van der Waals surface area contributed by atoms with Gasteiger partial charge in [0.2, 0.25) is 0 Å². The lowest BCUT2D eigenvalue weighted by Crippen LogP contribution is -2.54. The number of hydrogen-bond acceptors (Lipinski definition) is 5. The monoisotopic (exact) mass is 343 g/mol. The van der Waals surface area contributed by atoms with Crippen LogP contribution in [0.5, 0.6) is 0 Å². The quantitative estimate of drug-likeness (QED) is 0.904. The third-order valence-electron chi connectivity index (χ3n) is 4.65. The van der Waals surface area contributed by atoms with Crippen molar-refractivity contribution in [2.45, 2.75) is 25.4 Å². The van der Waals surface area contributed by atoms with Crippen molar-refractivity contribution in [3.05, 3.63) is 41.9 Å². The van der Waals surface area contributed by atoms with Gasteiger partial charge in [-0.05, 0) is 31.9 Å². The zero-order valence-corrected chi connectivity index (χ0v) is 15.0. The maximum Gasteiger partial charge on any atom is 0.257 e. The van der Waals surface area contributed by atoms with Crippen LogP contribution in [0.4, 0.5) is 5.82 Å². The standard InChI is InChI=1S/C18H25N5O2/c1-14-15(11-22(3)20-14)17(24)21(2)12-18(25)8-6-10-23(13-18)16-7-4-5-9-19-16/h4-5,7,9,11,25H,6,8,10,12-13H2,1-3H3/t18-/m1/s1. The Hall–Kier alpha value is -2.41. The molecule has 1 aliphatic heterocycles. The summed E-state index contributed by atoms with van der Waals surface area (Å²) in [5, 5.41) is 15.3. The number of amides is 1. The van der Waals surface area contributed by atoms with E-state index in [0.29, 0.717) is 24.2 Å². The number of nitrogens with zero attached hydrogens (tertiary/aromatic N) is 5. The molecule has 0 radical (unpaired) electrons. The molecule has 134 valence electrons. The van der Waals surface area contributed by atoms with E-state index in [4.69, 9.17) is 0 Å². The van der Waals surface area contributed by atoms with Gasteiger partial charge in [0.1, 0.15) is 5.82 Å². The second-order valence-electron chi connectivity index (χ2n) is 6.90. The Labute approximate surface area is 147 Å². The third-order valence-corrected chi connectivity index (χ3v) is 4.65. The fourth-order valence-electron chi connectivity index (χ4n) is 3.51. The van der Waals surface area contributed by atoms with E-state index in [1.165, 1.54) is 0 Å². The van der Waals surface area contributed by atoms with E-state index < -0.39 is 5.60 Å². The van der Waals surface area contributed by atoms with Crippen molar-refractivity contribution in [2.24, 2.45) is 7.05 Å². The van der Waals surface area contributed by atoms with Gasteiger partial charge in [0, 0.05) is 39.6 Å². The zero-order chi connectivity index (χ0) is 18.0. The highest BCUT2D eigenvalue weighted by Gasteiger charge is 2.36. The van der Waals surface area contributed by atoms with Gasteiger partial charge < -0.3 is 14.9 Å². The van der Waals surface area contributed by atoms with Gasteiger partial charge in [-0.25, -0.2) is 4.98 Å². The Kier molecular flexibility index (Phi) is 4.76. The van der Waals surface area contributed by atoms with E-state index in [-0.39, 0.29) is 12.5 Å². The summed E-state index contributed by atoms with van der Waals surface area (Å²) in [5.74, 6) is 0.742. The first kappa shape index (κ1) is 17.4. The van der Waals surface area contributed by atoms with Crippen LogP contribution in [0.25, 0.3) is 0 Å². The molecule has 3 heterocycles. The summed E-state index contributed by atoms with van der Waals surface area (Å²) in [4.78, 5) is 20.7. The van der Waals surface area contributed by atoms with Gasteiger partial charge >= 0.3 is 0 Å². The van der Waals surface area contributed by atoms with Crippen molar-refractivity contribution >= 4 is 11.7 Å². The van der Waals surface area contributed by atoms with Crippen molar-refractivity contribution in [1.82, 2.24) is 19.7 Å². The first-order chi connectivity index (χ1) is 11.9. The minimum Gasteiger partial charge on any atom is -0.386 e. The maximum absolute atomic E-state index is 12.7. The van der Waals surface area contributed by atoms with Gasteiger partial charge in [-0.1, -0.05) is 6.07 Å². The number of carbonyl (C=O) groups is 1. The number of aryl methyl sites for hydroxylation is 2. The van der Waals surface area contributed by atoms with Crippen LogP contribution in [0.15, 0.2) is 30.6 Å². The maximum atomic E-state index is 12.7. The number of hydrogen-bond donors (Lipinski definition) is 1. The van der Waals surface area contributed by atoms with Crippen LogP contribution in [-0.4, -0.2) is 63.0 Å². The lowest BCUT2D eigenvalue weighted by Gasteiger charge is -2.41. The van der Waals surface area contributed by atoms with Crippen LogP contribution < -0.4 is 4.90 Å². The van der Waals surface area contributed by atoms with Crippen molar-refractivity contribution in [3.8, 4) is 0 Å². The first-order valence-corrected chi connectivity index (χ1v) is 8.52. The van der Waals surface area contributed by atoms with Crippen LogP contribution in [0.2, 0.25) is 0 Å². The van der Waals surface area contributed by atoms with Crippen LogP contribution in [-0.2, 0) is 7.05 Å². The van der Waals surface area contributed by atoms with Crippen molar-refractivity contribution in [3.63, 3.8) is 0 Å². The SMILES string of the molecule is Cc1nn(C)cc1C(=O)N(C)C[C@]1(O)CCCN(c2ccccn2)C1. The molecule has 1 saturated heterocycles. The van der Waals surface area contributed by atoms with E-state index >= 15 is 0 Å². The predicted octanol–water partition coefficient (Wildman–Crippen LogP) is 1.23. The summed E-state index contributed by atoms with van der Waals surface area (Å²) in [7, 11) is 3.52. The Morgan fingerprint density at radius 2 is 2.24 bits per heavy atom. The van der Waals surface area contributed by atoms with Gasteiger partial charge in [-0.15, -0.1) is 0 Å². The summed E-state index contributed by atoms with van der Waals surface area (Å²) in [6.07, 6.45) is 5.00. The lowest BCUT2D eigenvalue weighted by molar-refractivity contribution is -0.000156. The van der Waals surface area contributed by atoms with Gasteiger partial charge in [0.05, 0.1) is 23.4 Å². The molecule has 2 aromatic heterocycles. The van der Waals surface area contributed by atoms with Crippen LogP contribution in [0.3, 0.4) is 0 Å². The minimum atomic E-state index is -0.948. The molecular weight excluding hydrogens is 318 g/mol. The number of likely N-dealkylation sites (N-methyl/N-ethyl adjacent to an activating group) is 1. The molecule has 1 aliphatic rings. The average Bonchev–Trinajstić information content (AvgIpc) is 2.93. The Balaban J connectivity index is 1.70. The number of carbonyl (C=O) groups excluding carboxylic acids is 1. The van der Waals surface area contributed by atoms with Crippen molar-refractivity contribution in [1.29, 1.82) is 0 Å². The minimum absolute atomic E-state index is 0.117. The lowest BCUT2D eigenvalue weighted by atomic mass is 9.92. The summed E-state index contributed by atoms with van der Waals surface area (Å²) in [5.41, 5.74) is 0.326. The molecule has 25 heavy (non-hydrogen) atoms. The molecule has 1 amide bonds. The highest BCUT2D eigenvalue weighted by atomic mass is 16.3. The normalized spacial score (nSPS) is 20.6. The van der Waals surface area contributed by atoms with Crippen molar-refractivity contribution < 1.29 is 9.90 Å². The Morgan fingerprint density at radius 3 is 2.88 bits per heavy atom. The number of aromatic nitrogens is 3. The zero-order valence-electron chi connectivity index (χ0n) is 15.0. The summed E-state index contributed by atoms with van der Waals surface area (Å²) in [6.45, 7) is 3.43. The van der Waals surface area contributed by atoms with Crippen LogP contribution in [0.1, 0.15) is 28.9 Å². The molecule has 2 aromatic rings.